The minimum Gasteiger partial charge on any atom is -0.330 e. The minimum absolute atomic E-state index is 0.107. The summed E-state index contributed by atoms with van der Waals surface area (Å²) < 4.78 is 40.6. The van der Waals surface area contributed by atoms with Crippen LogP contribution in [0.4, 0.5) is 13.2 Å². The van der Waals surface area contributed by atoms with Gasteiger partial charge in [0.15, 0.2) is 5.16 Å². The summed E-state index contributed by atoms with van der Waals surface area (Å²) in [5.41, 5.74) is 0.109. The molecule has 1 amide bonds. The Kier molecular flexibility index (Phi) is 6.72. The molecule has 0 radical (unpaired) electrons. The Morgan fingerprint density at radius 3 is 2.57 bits per heavy atom. The molecule has 1 unspecified atom stereocenters. The molecule has 2 aromatic rings. The van der Waals surface area contributed by atoms with Crippen molar-refractivity contribution in [1.82, 2.24) is 14.5 Å². The first kappa shape index (κ1) is 22.9. The zero-order valence-electron chi connectivity index (χ0n) is 16.9. The quantitative estimate of drug-likeness (QED) is 0.434. The molecule has 1 atom stereocenters. The first-order chi connectivity index (χ1) is 14.0. The fourth-order valence-corrected chi connectivity index (χ4v) is 4.58. The second-order valence-corrected chi connectivity index (χ2v) is 9.21. The summed E-state index contributed by atoms with van der Waals surface area (Å²) >= 11 is 6.98. The minimum atomic E-state index is -4.47. The van der Waals surface area contributed by atoms with Gasteiger partial charge in [0.25, 0.3) is 5.56 Å². The van der Waals surface area contributed by atoms with E-state index in [9.17, 15) is 22.8 Å². The Hall–Kier alpha value is -1.74. The fraction of sp³-hybridized carbons (Fsp3) is 0.550. The molecular formula is C20H23ClF3N3O2S. The topological polar surface area (TPSA) is 55.2 Å². The number of hydrogen-bond donors (Lipinski definition) is 0. The van der Waals surface area contributed by atoms with Gasteiger partial charge >= 0.3 is 6.18 Å². The largest absolute Gasteiger partial charge is 0.406 e. The smallest absolute Gasteiger partial charge is 0.330 e. The van der Waals surface area contributed by atoms with Crippen molar-refractivity contribution < 1.29 is 18.0 Å². The molecule has 0 saturated heterocycles. The van der Waals surface area contributed by atoms with E-state index in [1.165, 1.54) is 4.57 Å². The van der Waals surface area contributed by atoms with Crippen LogP contribution in [0.15, 0.2) is 28.2 Å². The van der Waals surface area contributed by atoms with Gasteiger partial charge in [0.05, 0.1) is 16.7 Å². The Bertz CT molecular complexity index is 1010. The molecule has 1 aromatic carbocycles. The van der Waals surface area contributed by atoms with Crippen LogP contribution >= 0.6 is 23.4 Å². The number of thioether (sulfide) groups is 1. The van der Waals surface area contributed by atoms with Crippen molar-refractivity contribution in [1.29, 1.82) is 0 Å². The summed E-state index contributed by atoms with van der Waals surface area (Å²) in [6.07, 6.45) is -2.81. The third kappa shape index (κ3) is 5.29. The number of alkyl halides is 3. The lowest BCUT2D eigenvalue weighted by molar-refractivity contribution is -0.164. The first-order valence-electron chi connectivity index (χ1n) is 9.68. The number of aromatic nitrogens is 2. The summed E-state index contributed by atoms with van der Waals surface area (Å²) in [5, 5.41) is 1.09. The molecule has 0 N–H and O–H groups in total. The van der Waals surface area contributed by atoms with Crippen LogP contribution in [0.2, 0.25) is 5.02 Å². The van der Waals surface area contributed by atoms with Crippen molar-refractivity contribution in [2.24, 2.45) is 5.92 Å². The summed E-state index contributed by atoms with van der Waals surface area (Å²) in [7, 11) is 0. The predicted molar refractivity (Wildman–Crippen MR) is 112 cm³/mol. The van der Waals surface area contributed by atoms with E-state index in [1.807, 2.05) is 13.8 Å². The Morgan fingerprint density at radius 1 is 1.33 bits per heavy atom. The lowest BCUT2D eigenvalue weighted by Gasteiger charge is -2.30. The van der Waals surface area contributed by atoms with Crippen LogP contribution in [-0.2, 0) is 4.79 Å². The van der Waals surface area contributed by atoms with Crippen LogP contribution in [0.1, 0.15) is 39.7 Å². The average molecular weight is 462 g/mol. The molecule has 0 bridgehead atoms. The molecule has 1 aliphatic carbocycles. The van der Waals surface area contributed by atoms with Gasteiger partial charge in [-0.3, -0.25) is 14.2 Å². The van der Waals surface area contributed by atoms with Gasteiger partial charge in [-0.15, -0.1) is 0 Å². The van der Waals surface area contributed by atoms with Crippen LogP contribution in [-0.4, -0.2) is 44.9 Å². The third-order valence-electron chi connectivity index (χ3n) is 5.14. The molecule has 3 rings (SSSR count). The number of rotatable bonds is 7. The molecule has 1 saturated carbocycles. The zero-order chi connectivity index (χ0) is 22.2. The number of fused-ring (bicyclic) bond motifs is 1. The highest BCUT2D eigenvalue weighted by molar-refractivity contribution is 7.99. The van der Waals surface area contributed by atoms with E-state index in [0.29, 0.717) is 15.9 Å². The number of amides is 1. The molecule has 1 heterocycles. The molecule has 0 aliphatic heterocycles. The van der Waals surface area contributed by atoms with Crippen molar-refractivity contribution in [2.45, 2.75) is 57.0 Å². The van der Waals surface area contributed by atoms with Crippen LogP contribution < -0.4 is 5.56 Å². The highest BCUT2D eigenvalue weighted by Gasteiger charge is 2.40. The normalized spacial score (nSPS) is 15.6. The first-order valence-corrected chi connectivity index (χ1v) is 11.0. The SMILES string of the molecule is CC(C1CC1)N(CC(F)(F)F)C(=O)CSc1nc2cc(Cl)ccc2c(=O)n1C(C)C. The Labute approximate surface area is 181 Å². The highest BCUT2D eigenvalue weighted by atomic mass is 35.5. The summed E-state index contributed by atoms with van der Waals surface area (Å²) in [5.74, 6) is -0.748. The van der Waals surface area contributed by atoms with Gasteiger partial charge in [-0.25, -0.2) is 4.98 Å². The standard InChI is InChI=1S/C20H23ClF3N3O2S/c1-11(2)27-18(29)15-7-6-14(21)8-16(15)25-19(27)30-9-17(28)26(10-20(22,23)24)12(3)13-4-5-13/h6-8,11-13H,4-5,9-10H2,1-3H3. The maximum atomic E-state index is 13.0. The van der Waals surface area contributed by atoms with Gasteiger partial charge in [0.2, 0.25) is 5.91 Å². The molecule has 164 valence electrons. The molecule has 30 heavy (non-hydrogen) atoms. The monoisotopic (exact) mass is 461 g/mol. The molecule has 0 spiro atoms. The third-order valence-corrected chi connectivity index (χ3v) is 6.31. The lowest BCUT2D eigenvalue weighted by Crippen LogP contribution is -2.46. The average Bonchev–Trinajstić information content (AvgIpc) is 3.47. The number of carbonyl (C=O) groups is 1. The van der Waals surface area contributed by atoms with Gasteiger partial charge in [-0.2, -0.15) is 13.2 Å². The Morgan fingerprint density at radius 2 is 2.00 bits per heavy atom. The fourth-order valence-electron chi connectivity index (χ4n) is 3.40. The van der Waals surface area contributed by atoms with E-state index in [2.05, 4.69) is 4.98 Å². The van der Waals surface area contributed by atoms with Crippen LogP contribution in [0.3, 0.4) is 0 Å². The van der Waals surface area contributed by atoms with Crippen molar-refractivity contribution >= 4 is 40.2 Å². The molecule has 1 fully saturated rings. The summed E-state index contributed by atoms with van der Waals surface area (Å²) in [6, 6.07) is 4.03. The van der Waals surface area contributed by atoms with Crippen molar-refractivity contribution in [3.8, 4) is 0 Å². The maximum absolute atomic E-state index is 13.0. The predicted octanol–water partition coefficient (Wildman–Crippen LogP) is 4.91. The Balaban J connectivity index is 1.88. The van der Waals surface area contributed by atoms with E-state index in [4.69, 9.17) is 11.6 Å². The molecule has 5 nitrogen and oxygen atoms in total. The van der Waals surface area contributed by atoms with E-state index in [1.54, 1.807) is 25.1 Å². The highest BCUT2D eigenvalue weighted by Crippen LogP contribution is 2.36. The summed E-state index contributed by atoms with van der Waals surface area (Å²) in [6.45, 7) is 4.00. The van der Waals surface area contributed by atoms with E-state index >= 15 is 0 Å². The molecule has 1 aliphatic rings. The van der Waals surface area contributed by atoms with Gasteiger partial charge < -0.3 is 4.90 Å². The lowest BCUT2D eigenvalue weighted by atomic mass is 10.2. The second kappa shape index (κ2) is 8.78. The molecular weight excluding hydrogens is 439 g/mol. The van der Waals surface area contributed by atoms with E-state index in [-0.39, 0.29) is 28.4 Å². The van der Waals surface area contributed by atoms with Gasteiger partial charge in [-0.1, -0.05) is 23.4 Å². The molecule has 10 heteroatoms. The summed E-state index contributed by atoms with van der Waals surface area (Å²) in [4.78, 5) is 31.0. The van der Waals surface area contributed by atoms with Crippen LogP contribution in [0.25, 0.3) is 10.9 Å². The van der Waals surface area contributed by atoms with E-state index in [0.717, 1.165) is 29.5 Å². The van der Waals surface area contributed by atoms with Crippen LogP contribution in [0, 0.1) is 5.92 Å². The van der Waals surface area contributed by atoms with Crippen molar-refractivity contribution in [3.05, 3.63) is 33.6 Å². The number of nitrogens with zero attached hydrogens (tertiary/aromatic N) is 3. The number of halogens is 4. The van der Waals surface area contributed by atoms with Crippen molar-refractivity contribution in [2.75, 3.05) is 12.3 Å². The zero-order valence-corrected chi connectivity index (χ0v) is 18.4. The maximum Gasteiger partial charge on any atom is 0.406 e. The second-order valence-electron chi connectivity index (χ2n) is 7.83. The number of benzene rings is 1. The number of hydrogen-bond acceptors (Lipinski definition) is 4. The van der Waals surface area contributed by atoms with Gasteiger partial charge in [-0.05, 0) is 57.7 Å². The van der Waals surface area contributed by atoms with Gasteiger partial charge in [0.1, 0.15) is 6.54 Å². The van der Waals surface area contributed by atoms with Crippen molar-refractivity contribution in [3.63, 3.8) is 0 Å². The van der Waals surface area contributed by atoms with E-state index < -0.39 is 24.7 Å². The van der Waals surface area contributed by atoms with Crippen LogP contribution in [0.5, 0.6) is 0 Å². The number of carbonyl (C=O) groups excluding carboxylic acids is 1. The van der Waals surface area contributed by atoms with Gasteiger partial charge in [0, 0.05) is 17.1 Å². The molecule has 1 aromatic heterocycles.